The molecule has 0 saturated carbocycles. The molecule has 0 aliphatic carbocycles. The van der Waals surface area contributed by atoms with Gasteiger partial charge in [0.05, 0.1) is 19.3 Å². The van der Waals surface area contributed by atoms with E-state index in [0.29, 0.717) is 12.0 Å². The van der Waals surface area contributed by atoms with Crippen molar-refractivity contribution in [2.24, 2.45) is 10.9 Å². The highest BCUT2D eigenvalue weighted by molar-refractivity contribution is 5.79. The second kappa shape index (κ2) is 7.62. The van der Waals surface area contributed by atoms with E-state index in [-0.39, 0.29) is 6.10 Å². The summed E-state index contributed by atoms with van der Waals surface area (Å²) in [5.41, 5.74) is 0. The van der Waals surface area contributed by atoms with Crippen molar-refractivity contribution < 1.29 is 9.47 Å². The van der Waals surface area contributed by atoms with E-state index in [0.717, 1.165) is 51.8 Å². The molecule has 6 heteroatoms. The van der Waals surface area contributed by atoms with Crippen molar-refractivity contribution in [1.29, 1.82) is 0 Å². The van der Waals surface area contributed by atoms with Crippen LogP contribution in [0.25, 0.3) is 0 Å². The first-order valence-corrected chi connectivity index (χ1v) is 8.61. The average molecular weight is 310 g/mol. The minimum atomic E-state index is 0.273. The predicted molar refractivity (Wildman–Crippen MR) is 87.3 cm³/mol. The molecule has 3 saturated heterocycles. The topological polar surface area (TPSA) is 49.3 Å². The van der Waals surface area contributed by atoms with Gasteiger partial charge in [0.2, 0.25) is 0 Å². The van der Waals surface area contributed by atoms with Crippen LogP contribution in [-0.2, 0) is 9.47 Å². The zero-order valence-electron chi connectivity index (χ0n) is 14.0. The Morgan fingerprint density at radius 3 is 3.05 bits per heavy atom. The average Bonchev–Trinajstić information content (AvgIpc) is 3.18. The van der Waals surface area contributed by atoms with Crippen LogP contribution in [0.1, 0.15) is 19.3 Å². The first-order valence-electron chi connectivity index (χ1n) is 8.61. The molecule has 0 radical (unpaired) electrons. The van der Waals surface area contributed by atoms with Gasteiger partial charge in [-0.1, -0.05) is 0 Å². The van der Waals surface area contributed by atoms with E-state index in [1.807, 2.05) is 7.05 Å². The molecular formula is C16H30N4O2. The van der Waals surface area contributed by atoms with Gasteiger partial charge in [-0.05, 0) is 25.8 Å². The lowest BCUT2D eigenvalue weighted by Gasteiger charge is -2.36. The zero-order valence-corrected chi connectivity index (χ0v) is 14.0. The number of guanidine groups is 1. The summed E-state index contributed by atoms with van der Waals surface area (Å²) >= 11 is 0. The molecule has 0 amide bonds. The maximum Gasteiger partial charge on any atom is 0.193 e. The van der Waals surface area contributed by atoms with Gasteiger partial charge >= 0.3 is 0 Å². The van der Waals surface area contributed by atoms with Crippen LogP contribution in [0.2, 0.25) is 0 Å². The van der Waals surface area contributed by atoms with E-state index < -0.39 is 0 Å². The van der Waals surface area contributed by atoms with Crippen LogP contribution in [0, 0.1) is 5.92 Å². The summed E-state index contributed by atoms with van der Waals surface area (Å²) in [5, 5.41) is 3.48. The smallest absolute Gasteiger partial charge is 0.193 e. The Balaban J connectivity index is 1.42. The van der Waals surface area contributed by atoms with Crippen molar-refractivity contribution in [2.45, 2.75) is 31.4 Å². The van der Waals surface area contributed by atoms with Gasteiger partial charge in [-0.25, -0.2) is 0 Å². The summed E-state index contributed by atoms with van der Waals surface area (Å²) in [4.78, 5) is 9.19. The van der Waals surface area contributed by atoms with Gasteiger partial charge in [-0.15, -0.1) is 0 Å². The van der Waals surface area contributed by atoms with Crippen LogP contribution in [0.5, 0.6) is 0 Å². The second-order valence-electron chi connectivity index (χ2n) is 6.78. The number of nitrogens with one attached hydrogen (secondary N) is 1. The van der Waals surface area contributed by atoms with Crippen molar-refractivity contribution in [3.8, 4) is 0 Å². The lowest BCUT2D eigenvalue weighted by atomic mass is 10.1. The molecule has 0 spiro atoms. The van der Waals surface area contributed by atoms with Gasteiger partial charge in [0, 0.05) is 52.3 Å². The van der Waals surface area contributed by atoms with Crippen LogP contribution in [0.3, 0.4) is 0 Å². The molecule has 3 fully saturated rings. The molecule has 6 nitrogen and oxygen atoms in total. The van der Waals surface area contributed by atoms with E-state index in [1.165, 1.54) is 19.4 Å². The molecule has 126 valence electrons. The number of ether oxygens (including phenoxy) is 2. The SMILES string of the molecule is CN=C(NCC1CN2CCCC2CO1)N(C)CC1CCOC1. The summed E-state index contributed by atoms with van der Waals surface area (Å²) in [7, 11) is 3.95. The van der Waals surface area contributed by atoms with Crippen LogP contribution in [0.4, 0.5) is 0 Å². The number of fused-ring (bicyclic) bond motifs is 1. The highest BCUT2D eigenvalue weighted by atomic mass is 16.5. The fourth-order valence-electron chi connectivity index (χ4n) is 3.80. The quantitative estimate of drug-likeness (QED) is 0.601. The van der Waals surface area contributed by atoms with Gasteiger partial charge in [-0.3, -0.25) is 9.89 Å². The zero-order chi connectivity index (χ0) is 15.4. The maximum absolute atomic E-state index is 6.00. The Bertz CT molecular complexity index is 384. The Hall–Kier alpha value is -0.850. The monoisotopic (exact) mass is 310 g/mol. The summed E-state index contributed by atoms with van der Waals surface area (Å²) in [6.07, 6.45) is 4.05. The number of morpholine rings is 1. The molecule has 3 aliphatic heterocycles. The second-order valence-corrected chi connectivity index (χ2v) is 6.78. The number of rotatable bonds is 4. The Labute approximate surface area is 133 Å². The molecule has 3 atom stereocenters. The third-order valence-corrected chi connectivity index (χ3v) is 5.08. The fraction of sp³-hybridized carbons (Fsp3) is 0.938. The molecule has 3 rings (SSSR count). The Morgan fingerprint density at radius 2 is 2.27 bits per heavy atom. The van der Waals surface area contributed by atoms with Crippen molar-refractivity contribution in [1.82, 2.24) is 15.1 Å². The van der Waals surface area contributed by atoms with Gasteiger partial charge in [0.1, 0.15) is 0 Å². The normalized spacial score (nSPS) is 33.0. The minimum absolute atomic E-state index is 0.273. The van der Waals surface area contributed by atoms with E-state index in [1.54, 1.807) is 0 Å². The van der Waals surface area contributed by atoms with E-state index in [4.69, 9.17) is 9.47 Å². The molecule has 3 unspecified atom stereocenters. The Kier molecular flexibility index (Phi) is 5.55. The molecule has 0 aromatic carbocycles. The minimum Gasteiger partial charge on any atom is -0.381 e. The standard InChI is InChI=1S/C16H30N4O2/c1-17-16(19(2)9-13-5-7-21-11-13)18-8-15-10-20-6-3-4-14(20)12-22-15/h13-15H,3-12H2,1-2H3,(H,17,18). The van der Waals surface area contributed by atoms with Crippen molar-refractivity contribution in [3.05, 3.63) is 0 Å². The fourth-order valence-corrected chi connectivity index (χ4v) is 3.80. The molecule has 3 heterocycles. The van der Waals surface area contributed by atoms with Crippen molar-refractivity contribution >= 4 is 5.96 Å². The molecule has 0 aromatic heterocycles. The van der Waals surface area contributed by atoms with Crippen LogP contribution < -0.4 is 5.32 Å². The lowest BCUT2D eigenvalue weighted by Crippen LogP contribution is -2.51. The van der Waals surface area contributed by atoms with Gasteiger partial charge in [-0.2, -0.15) is 0 Å². The molecule has 0 bridgehead atoms. The van der Waals surface area contributed by atoms with Crippen molar-refractivity contribution in [3.63, 3.8) is 0 Å². The number of hydrogen-bond acceptors (Lipinski definition) is 4. The summed E-state index contributed by atoms with van der Waals surface area (Å²) in [6.45, 7) is 6.79. The first-order chi connectivity index (χ1) is 10.8. The van der Waals surface area contributed by atoms with Crippen molar-refractivity contribution in [2.75, 3.05) is 60.1 Å². The van der Waals surface area contributed by atoms with Gasteiger partial charge < -0.3 is 19.7 Å². The van der Waals surface area contributed by atoms with Gasteiger partial charge in [0.25, 0.3) is 0 Å². The summed E-state index contributed by atoms with van der Waals surface area (Å²) in [5.74, 6) is 1.58. The van der Waals surface area contributed by atoms with E-state index in [2.05, 4.69) is 27.2 Å². The van der Waals surface area contributed by atoms with Crippen LogP contribution >= 0.6 is 0 Å². The van der Waals surface area contributed by atoms with Crippen LogP contribution in [0.15, 0.2) is 4.99 Å². The maximum atomic E-state index is 6.00. The Morgan fingerprint density at radius 1 is 1.36 bits per heavy atom. The molecule has 22 heavy (non-hydrogen) atoms. The highest BCUT2D eigenvalue weighted by Crippen LogP contribution is 2.22. The third-order valence-electron chi connectivity index (χ3n) is 5.08. The number of nitrogens with zero attached hydrogens (tertiary/aromatic N) is 3. The van der Waals surface area contributed by atoms with E-state index >= 15 is 0 Å². The van der Waals surface area contributed by atoms with Crippen LogP contribution in [-0.4, -0.2) is 88.0 Å². The summed E-state index contributed by atoms with van der Waals surface area (Å²) in [6, 6.07) is 0.667. The third kappa shape index (κ3) is 3.91. The van der Waals surface area contributed by atoms with Gasteiger partial charge in [0.15, 0.2) is 5.96 Å². The molecular weight excluding hydrogens is 280 g/mol. The largest absolute Gasteiger partial charge is 0.381 e. The first kappa shape index (κ1) is 16.0. The molecule has 1 N–H and O–H groups in total. The lowest BCUT2D eigenvalue weighted by molar-refractivity contribution is -0.0454. The number of aliphatic imine (C=N–C) groups is 1. The number of hydrogen-bond donors (Lipinski definition) is 1. The summed E-state index contributed by atoms with van der Waals surface area (Å²) < 4.78 is 11.5. The highest BCUT2D eigenvalue weighted by Gasteiger charge is 2.32. The van der Waals surface area contributed by atoms with E-state index in [9.17, 15) is 0 Å². The molecule has 3 aliphatic rings. The predicted octanol–water partition coefficient (Wildman–Crippen LogP) is 0.393. The molecule has 0 aromatic rings.